The Morgan fingerprint density at radius 1 is 1.19 bits per heavy atom. The molecule has 0 spiro atoms. The fraction of sp³-hybridized carbons (Fsp3) is 0.385. The Balaban J connectivity index is 2.89. The smallest absolute Gasteiger partial charge is 0.406 e. The molecule has 0 bridgehead atoms. The summed E-state index contributed by atoms with van der Waals surface area (Å²) in [6.07, 6.45) is -5.06. The van der Waals surface area contributed by atoms with Crippen molar-refractivity contribution < 1.29 is 33.0 Å². The van der Waals surface area contributed by atoms with Crippen LogP contribution in [-0.4, -0.2) is 52.9 Å². The van der Waals surface area contributed by atoms with Gasteiger partial charge in [-0.25, -0.2) is 4.79 Å². The zero-order valence-corrected chi connectivity index (χ0v) is 10.9. The Morgan fingerprint density at radius 3 is 2.33 bits per heavy atom. The van der Waals surface area contributed by atoms with Crippen molar-refractivity contribution in [1.29, 1.82) is 0 Å². The predicted octanol–water partition coefficient (Wildman–Crippen LogP) is 1.31. The number of hydrogen-bond donors (Lipinski definition) is 2. The largest absolute Gasteiger partial charge is 0.478 e. The highest BCUT2D eigenvalue weighted by molar-refractivity contribution is 5.91. The number of alkyl halides is 3. The normalized spacial score (nSPS) is 11.2. The number of aliphatic hydroxyl groups is 1. The van der Waals surface area contributed by atoms with Gasteiger partial charge in [-0.2, -0.15) is 13.2 Å². The van der Waals surface area contributed by atoms with E-state index in [1.165, 1.54) is 24.3 Å². The Bertz CT molecular complexity index is 516. The van der Waals surface area contributed by atoms with Crippen molar-refractivity contribution >= 4 is 11.9 Å². The van der Waals surface area contributed by atoms with Crippen LogP contribution in [0.5, 0.6) is 0 Å². The van der Waals surface area contributed by atoms with Crippen LogP contribution in [-0.2, 0) is 11.2 Å². The molecule has 0 fully saturated rings. The molecule has 0 heterocycles. The third-order valence-electron chi connectivity index (χ3n) is 2.68. The standard InChI is InChI=1S/C13H14F3NO4/c14-13(15,16)8-17(5-6-18)11(19)7-9-3-1-2-4-10(9)12(20)21/h1-4,18H,5-8H2,(H,20,21). The molecule has 0 aromatic heterocycles. The molecule has 0 saturated heterocycles. The number of halogens is 3. The Hall–Kier alpha value is -2.09. The third-order valence-corrected chi connectivity index (χ3v) is 2.68. The number of benzene rings is 1. The molecule has 0 aliphatic rings. The van der Waals surface area contributed by atoms with Gasteiger partial charge in [-0.3, -0.25) is 4.79 Å². The highest BCUT2D eigenvalue weighted by Gasteiger charge is 2.32. The van der Waals surface area contributed by atoms with E-state index in [1.807, 2.05) is 0 Å². The molecule has 8 heteroatoms. The Morgan fingerprint density at radius 2 is 1.81 bits per heavy atom. The number of carboxylic acid groups (broad SMARTS) is 1. The topological polar surface area (TPSA) is 77.8 Å². The van der Waals surface area contributed by atoms with Gasteiger partial charge in [0, 0.05) is 6.54 Å². The number of aliphatic hydroxyl groups excluding tert-OH is 1. The molecule has 21 heavy (non-hydrogen) atoms. The third kappa shape index (κ3) is 5.42. The minimum absolute atomic E-state index is 0.125. The van der Waals surface area contributed by atoms with E-state index >= 15 is 0 Å². The highest BCUT2D eigenvalue weighted by Crippen LogP contribution is 2.18. The van der Waals surface area contributed by atoms with Crippen LogP contribution in [0.1, 0.15) is 15.9 Å². The summed E-state index contributed by atoms with van der Waals surface area (Å²) >= 11 is 0. The summed E-state index contributed by atoms with van der Waals surface area (Å²) in [5.41, 5.74) is -0.0121. The Kier molecular flexibility index (Phi) is 5.71. The minimum atomic E-state index is -4.59. The maximum atomic E-state index is 12.4. The zero-order valence-electron chi connectivity index (χ0n) is 10.9. The first kappa shape index (κ1) is 17.0. The first-order valence-corrected chi connectivity index (χ1v) is 6.01. The fourth-order valence-electron chi connectivity index (χ4n) is 1.79. The molecule has 1 amide bonds. The van der Waals surface area contributed by atoms with Crippen molar-refractivity contribution in [2.45, 2.75) is 12.6 Å². The SMILES string of the molecule is O=C(O)c1ccccc1CC(=O)N(CCO)CC(F)(F)F. The van der Waals surface area contributed by atoms with Crippen LogP contribution >= 0.6 is 0 Å². The Labute approximate surface area is 118 Å². The van der Waals surface area contributed by atoms with Gasteiger partial charge in [0.05, 0.1) is 18.6 Å². The van der Waals surface area contributed by atoms with Gasteiger partial charge in [-0.05, 0) is 11.6 Å². The monoisotopic (exact) mass is 305 g/mol. The molecule has 0 unspecified atom stereocenters. The number of rotatable bonds is 6. The molecule has 0 aliphatic carbocycles. The number of carbonyl (C=O) groups excluding carboxylic acids is 1. The van der Waals surface area contributed by atoms with Crippen molar-refractivity contribution in [2.75, 3.05) is 19.7 Å². The first-order valence-electron chi connectivity index (χ1n) is 6.01. The number of aromatic carboxylic acids is 1. The minimum Gasteiger partial charge on any atom is -0.478 e. The number of carbonyl (C=O) groups is 2. The second kappa shape index (κ2) is 7.07. The number of hydrogen-bond acceptors (Lipinski definition) is 3. The van der Waals surface area contributed by atoms with E-state index in [9.17, 15) is 22.8 Å². The maximum Gasteiger partial charge on any atom is 0.406 e. The lowest BCUT2D eigenvalue weighted by atomic mass is 10.0. The van der Waals surface area contributed by atoms with Crippen LogP contribution in [0.25, 0.3) is 0 Å². The number of amides is 1. The molecule has 0 radical (unpaired) electrons. The summed E-state index contributed by atoms with van der Waals surface area (Å²) in [7, 11) is 0. The quantitative estimate of drug-likeness (QED) is 0.830. The molecular weight excluding hydrogens is 291 g/mol. The van der Waals surface area contributed by atoms with Crippen LogP contribution in [0.15, 0.2) is 24.3 Å². The molecule has 1 rings (SSSR count). The van der Waals surface area contributed by atoms with Crippen molar-refractivity contribution in [3.05, 3.63) is 35.4 Å². The van der Waals surface area contributed by atoms with Gasteiger partial charge >= 0.3 is 12.1 Å². The lowest BCUT2D eigenvalue weighted by Crippen LogP contribution is -2.41. The molecule has 1 aromatic carbocycles. The van der Waals surface area contributed by atoms with Crippen LogP contribution < -0.4 is 0 Å². The van der Waals surface area contributed by atoms with Crippen LogP contribution in [0, 0.1) is 0 Å². The molecule has 0 aliphatic heterocycles. The second-order valence-corrected chi connectivity index (χ2v) is 4.29. The van der Waals surface area contributed by atoms with Gasteiger partial charge in [-0.1, -0.05) is 18.2 Å². The van der Waals surface area contributed by atoms with Crippen LogP contribution in [0.3, 0.4) is 0 Å². The van der Waals surface area contributed by atoms with Gasteiger partial charge in [-0.15, -0.1) is 0 Å². The van der Waals surface area contributed by atoms with Gasteiger partial charge in [0.1, 0.15) is 6.54 Å². The average molecular weight is 305 g/mol. The second-order valence-electron chi connectivity index (χ2n) is 4.29. The van der Waals surface area contributed by atoms with E-state index in [-0.39, 0.29) is 11.1 Å². The van der Waals surface area contributed by atoms with Gasteiger partial charge < -0.3 is 15.1 Å². The van der Waals surface area contributed by atoms with Crippen LogP contribution in [0.2, 0.25) is 0 Å². The van der Waals surface area contributed by atoms with E-state index in [2.05, 4.69) is 0 Å². The summed E-state index contributed by atoms with van der Waals surface area (Å²) in [5, 5.41) is 17.7. The summed E-state index contributed by atoms with van der Waals surface area (Å²) in [6.45, 7) is -2.56. The maximum absolute atomic E-state index is 12.4. The summed E-state index contributed by atoms with van der Waals surface area (Å²) in [4.78, 5) is 23.3. The molecule has 116 valence electrons. The molecule has 5 nitrogen and oxygen atoms in total. The van der Waals surface area contributed by atoms with E-state index in [1.54, 1.807) is 0 Å². The highest BCUT2D eigenvalue weighted by atomic mass is 19.4. The van der Waals surface area contributed by atoms with E-state index in [4.69, 9.17) is 10.2 Å². The van der Waals surface area contributed by atoms with E-state index < -0.39 is 44.2 Å². The number of nitrogens with zero attached hydrogens (tertiary/aromatic N) is 1. The summed E-state index contributed by atoms with van der Waals surface area (Å²) < 4.78 is 37.1. The van der Waals surface area contributed by atoms with Crippen molar-refractivity contribution in [3.63, 3.8) is 0 Å². The first-order chi connectivity index (χ1) is 9.74. The van der Waals surface area contributed by atoms with Gasteiger partial charge in [0.15, 0.2) is 0 Å². The molecular formula is C13H14F3NO4. The molecule has 2 N–H and O–H groups in total. The lowest BCUT2D eigenvalue weighted by Gasteiger charge is -2.23. The lowest BCUT2D eigenvalue weighted by molar-refractivity contribution is -0.161. The fourth-order valence-corrected chi connectivity index (χ4v) is 1.79. The summed E-state index contributed by atoms with van der Waals surface area (Å²) in [5.74, 6) is -2.15. The van der Waals surface area contributed by atoms with Crippen molar-refractivity contribution in [2.24, 2.45) is 0 Å². The van der Waals surface area contributed by atoms with Crippen LogP contribution in [0.4, 0.5) is 13.2 Å². The van der Waals surface area contributed by atoms with Gasteiger partial charge in [0.25, 0.3) is 0 Å². The average Bonchev–Trinajstić information content (AvgIpc) is 2.37. The predicted molar refractivity (Wildman–Crippen MR) is 66.8 cm³/mol. The molecule has 1 aromatic rings. The molecule has 0 saturated carbocycles. The zero-order chi connectivity index (χ0) is 16.0. The van der Waals surface area contributed by atoms with Crippen molar-refractivity contribution in [1.82, 2.24) is 4.90 Å². The molecule has 0 atom stereocenters. The van der Waals surface area contributed by atoms with E-state index in [0.29, 0.717) is 4.90 Å². The van der Waals surface area contributed by atoms with Gasteiger partial charge in [0.2, 0.25) is 5.91 Å². The summed E-state index contributed by atoms with van der Waals surface area (Å²) in [6, 6.07) is 5.59. The van der Waals surface area contributed by atoms with Crippen molar-refractivity contribution in [3.8, 4) is 0 Å². The number of carboxylic acids is 1. The van der Waals surface area contributed by atoms with E-state index in [0.717, 1.165) is 0 Å².